The molecule has 1 aromatic rings. The maximum Gasteiger partial charge on any atom is 0.223 e. The normalized spacial score (nSPS) is 13.8. The van der Waals surface area contributed by atoms with E-state index in [-0.39, 0.29) is 11.8 Å². The summed E-state index contributed by atoms with van der Waals surface area (Å²) < 4.78 is 0. The van der Waals surface area contributed by atoms with Crippen LogP contribution in [0.5, 0.6) is 0 Å². The van der Waals surface area contributed by atoms with Crippen molar-refractivity contribution >= 4 is 11.6 Å². The molecule has 1 saturated carbocycles. The first-order valence-corrected chi connectivity index (χ1v) is 5.68. The maximum absolute atomic E-state index is 11.3. The van der Waals surface area contributed by atoms with Crippen LogP contribution in [-0.4, -0.2) is 24.0 Å². The van der Waals surface area contributed by atoms with E-state index >= 15 is 0 Å². The summed E-state index contributed by atoms with van der Waals surface area (Å²) >= 11 is 0. The first-order chi connectivity index (χ1) is 8.31. The minimum Gasteiger partial charge on any atom is -0.381 e. The van der Waals surface area contributed by atoms with Gasteiger partial charge < -0.3 is 10.6 Å². The van der Waals surface area contributed by atoms with Crippen molar-refractivity contribution in [2.24, 2.45) is 5.92 Å². The third-order valence-corrected chi connectivity index (χ3v) is 2.60. The number of nitrogens with one attached hydrogen (secondary N) is 2. The van der Waals surface area contributed by atoms with Gasteiger partial charge in [0.2, 0.25) is 5.91 Å². The first-order valence-electron chi connectivity index (χ1n) is 5.68. The molecule has 1 aliphatic rings. The number of hydrogen-bond donors (Lipinski definition) is 2. The van der Waals surface area contributed by atoms with Gasteiger partial charge in [0.05, 0.1) is 5.69 Å². The van der Waals surface area contributed by atoms with E-state index in [0.717, 1.165) is 12.8 Å². The molecule has 2 N–H and O–H groups in total. The lowest BCUT2D eigenvalue weighted by atomic mass is 10.3. The first kappa shape index (κ1) is 11.4. The second-order valence-electron chi connectivity index (χ2n) is 4.00. The fraction of sp³-hybridized carbons (Fsp3) is 0.417. The minimum absolute atomic E-state index is 0.137. The average Bonchev–Trinajstić information content (AvgIpc) is 3.19. The summed E-state index contributed by atoms with van der Waals surface area (Å²) in [6, 6.07) is 5.58. The highest BCUT2D eigenvalue weighted by atomic mass is 16.2. The highest BCUT2D eigenvalue weighted by Crippen LogP contribution is 2.28. The van der Waals surface area contributed by atoms with Gasteiger partial charge in [-0.3, -0.25) is 4.79 Å². The molecule has 5 nitrogen and oxygen atoms in total. The summed E-state index contributed by atoms with van der Waals surface area (Å²) in [7, 11) is 0. The number of aromatic nitrogens is 1. The number of nitriles is 1. The molecule has 0 saturated heterocycles. The molecule has 0 unspecified atom stereocenters. The van der Waals surface area contributed by atoms with Gasteiger partial charge in [-0.2, -0.15) is 5.26 Å². The van der Waals surface area contributed by atoms with Crippen molar-refractivity contribution in [3.05, 3.63) is 24.0 Å². The summed E-state index contributed by atoms with van der Waals surface area (Å²) in [5.41, 5.74) is 1.08. The molecule has 0 radical (unpaired) electrons. The van der Waals surface area contributed by atoms with Crippen LogP contribution < -0.4 is 10.6 Å². The molecule has 88 valence electrons. The highest BCUT2D eigenvalue weighted by molar-refractivity contribution is 5.80. The van der Waals surface area contributed by atoms with Crippen LogP contribution in [-0.2, 0) is 4.79 Å². The lowest BCUT2D eigenvalue weighted by molar-refractivity contribution is -0.122. The van der Waals surface area contributed by atoms with E-state index in [1.54, 1.807) is 18.3 Å². The predicted octanol–water partition coefficient (Wildman–Crippen LogP) is 0.891. The Morgan fingerprint density at radius 3 is 3.06 bits per heavy atom. The Morgan fingerprint density at radius 1 is 1.53 bits per heavy atom. The van der Waals surface area contributed by atoms with E-state index in [9.17, 15) is 4.79 Å². The smallest absolute Gasteiger partial charge is 0.223 e. The van der Waals surface area contributed by atoms with Crippen LogP contribution in [0.3, 0.4) is 0 Å². The van der Waals surface area contributed by atoms with Crippen molar-refractivity contribution < 1.29 is 4.79 Å². The van der Waals surface area contributed by atoms with E-state index in [4.69, 9.17) is 5.26 Å². The van der Waals surface area contributed by atoms with Crippen LogP contribution in [0.2, 0.25) is 0 Å². The van der Waals surface area contributed by atoms with Gasteiger partial charge in [-0.1, -0.05) is 0 Å². The van der Waals surface area contributed by atoms with Crippen molar-refractivity contribution in [1.29, 1.82) is 5.26 Å². The molecule has 5 heteroatoms. The number of rotatable bonds is 5. The number of hydrogen-bond acceptors (Lipinski definition) is 4. The van der Waals surface area contributed by atoms with Gasteiger partial charge in [-0.25, -0.2) is 4.98 Å². The number of anilines is 1. The molecule has 1 amide bonds. The topological polar surface area (TPSA) is 77.8 Å². The fourth-order valence-electron chi connectivity index (χ4n) is 1.51. The predicted molar refractivity (Wildman–Crippen MR) is 63.2 cm³/mol. The summed E-state index contributed by atoms with van der Waals surface area (Å²) in [4.78, 5) is 15.3. The SMILES string of the molecule is N#Cc1ncccc1NCCNC(=O)C1CC1. The number of amides is 1. The number of carbonyl (C=O) groups is 1. The lowest BCUT2D eigenvalue weighted by Gasteiger charge is -2.08. The number of carbonyl (C=O) groups excluding carboxylic acids is 1. The Hall–Kier alpha value is -2.09. The summed E-state index contributed by atoms with van der Waals surface area (Å²) in [5, 5.41) is 14.7. The van der Waals surface area contributed by atoms with Gasteiger partial charge in [-0.15, -0.1) is 0 Å². The van der Waals surface area contributed by atoms with Crippen LogP contribution in [0, 0.1) is 17.2 Å². The van der Waals surface area contributed by atoms with Gasteiger partial charge in [0, 0.05) is 25.2 Å². The molecular weight excluding hydrogens is 216 g/mol. The minimum atomic E-state index is 0.137. The molecule has 17 heavy (non-hydrogen) atoms. The van der Waals surface area contributed by atoms with Crippen LogP contribution >= 0.6 is 0 Å². The Kier molecular flexibility index (Phi) is 3.55. The van der Waals surface area contributed by atoms with Crippen LogP contribution in [0.1, 0.15) is 18.5 Å². The molecule has 0 aliphatic heterocycles. The van der Waals surface area contributed by atoms with Crippen molar-refractivity contribution in [3.8, 4) is 6.07 Å². The van der Waals surface area contributed by atoms with Gasteiger partial charge in [0.15, 0.2) is 5.69 Å². The summed E-state index contributed by atoms with van der Waals surface area (Å²) in [5.74, 6) is 0.376. The zero-order valence-electron chi connectivity index (χ0n) is 9.44. The number of pyridine rings is 1. The van der Waals surface area contributed by atoms with Crippen molar-refractivity contribution in [1.82, 2.24) is 10.3 Å². The quantitative estimate of drug-likeness (QED) is 0.736. The van der Waals surface area contributed by atoms with Gasteiger partial charge >= 0.3 is 0 Å². The van der Waals surface area contributed by atoms with E-state index in [1.807, 2.05) is 6.07 Å². The molecule has 1 fully saturated rings. The van der Waals surface area contributed by atoms with Gasteiger partial charge in [0.1, 0.15) is 6.07 Å². The molecular formula is C12H14N4O. The number of nitrogens with zero attached hydrogens (tertiary/aromatic N) is 2. The van der Waals surface area contributed by atoms with Crippen LogP contribution in [0.4, 0.5) is 5.69 Å². The summed E-state index contributed by atoms with van der Waals surface area (Å²) in [6.45, 7) is 1.16. The molecule has 0 atom stereocenters. The molecule has 1 aromatic heterocycles. The maximum atomic E-state index is 11.3. The second-order valence-corrected chi connectivity index (χ2v) is 4.00. The molecule has 0 aromatic carbocycles. The third-order valence-electron chi connectivity index (χ3n) is 2.60. The molecule has 1 heterocycles. The van der Waals surface area contributed by atoms with Crippen LogP contribution in [0.25, 0.3) is 0 Å². The van der Waals surface area contributed by atoms with Crippen LogP contribution in [0.15, 0.2) is 18.3 Å². The van der Waals surface area contributed by atoms with Crippen molar-refractivity contribution in [2.45, 2.75) is 12.8 Å². The largest absolute Gasteiger partial charge is 0.381 e. The lowest BCUT2D eigenvalue weighted by Crippen LogP contribution is -2.29. The van der Waals surface area contributed by atoms with Crippen molar-refractivity contribution in [3.63, 3.8) is 0 Å². The Bertz CT molecular complexity index is 448. The Morgan fingerprint density at radius 2 is 2.35 bits per heavy atom. The Labute approximate surface area is 99.9 Å². The molecule has 2 rings (SSSR count). The molecule has 1 aliphatic carbocycles. The third kappa shape index (κ3) is 3.18. The van der Waals surface area contributed by atoms with E-state index < -0.39 is 0 Å². The average molecular weight is 230 g/mol. The highest BCUT2D eigenvalue weighted by Gasteiger charge is 2.28. The zero-order chi connectivity index (χ0) is 12.1. The van der Waals surface area contributed by atoms with E-state index in [0.29, 0.717) is 24.5 Å². The zero-order valence-corrected chi connectivity index (χ0v) is 9.44. The van der Waals surface area contributed by atoms with E-state index in [1.165, 1.54) is 0 Å². The Balaban J connectivity index is 1.74. The van der Waals surface area contributed by atoms with Gasteiger partial charge in [0.25, 0.3) is 0 Å². The fourth-order valence-corrected chi connectivity index (χ4v) is 1.51. The second kappa shape index (κ2) is 5.30. The standard InChI is InChI=1S/C12H14N4O/c13-8-11-10(2-1-5-14-11)15-6-7-16-12(17)9-3-4-9/h1-2,5,9,15H,3-4,6-7H2,(H,16,17). The van der Waals surface area contributed by atoms with Crippen molar-refractivity contribution in [2.75, 3.05) is 18.4 Å². The van der Waals surface area contributed by atoms with Gasteiger partial charge in [-0.05, 0) is 25.0 Å². The monoisotopic (exact) mass is 230 g/mol. The van der Waals surface area contributed by atoms with E-state index in [2.05, 4.69) is 15.6 Å². The summed E-state index contributed by atoms with van der Waals surface area (Å²) in [6.07, 6.45) is 3.61. The molecule has 0 bridgehead atoms. The molecule has 0 spiro atoms.